The number of halogens is 2. The maximum Gasteiger partial charge on any atom is 0.387 e. The van der Waals surface area contributed by atoms with E-state index in [-0.39, 0.29) is 23.4 Å². The van der Waals surface area contributed by atoms with Gasteiger partial charge in [0.05, 0.1) is 18.1 Å². The third-order valence-electron chi connectivity index (χ3n) is 5.89. The number of methoxy groups -OCH3 is 1. The standard InChI is InChI=1S/C26H23F2N3O3/c1-33-24-14-17(6-13-23(24)34-26(27)28)15-30(19-11-12-19)25(32)18-7-9-20(10-8-18)31-16-29-21-4-2-3-5-22(21)31/h2-10,13-14,16,19,26H,11-12,15H2,1H3. The molecular weight excluding hydrogens is 440 g/mol. The number of benzene rings is 3. The Bertz CT molecular complexity index is 1320. The Balaban J connectivity index is 1.36. The van der Waals surface area contributed by atoms with Crippen LogP contribution in [0.5, 0.6) is 11.5 Å². The van der Waals surface area contributed by atoms with Crippen LogP contribution in [0.25, 0.3) is 16.7 Å². The summed E-state index contributed by atoms with van der Waals surface area (Å²) in [6.45, 7) is -2.59. The number of nitrogens with zero attached hydrogens (tertiary/aromatic N) is 3. The molecule has 0 aliphatic heterocycles. The van der Waals surface area contributed by atoms with Gasteiger partial charge in [-0.3, -0.25) is 9.36 Å². The maximum absolute atomic E-state index is 13.4. The lowest BCUT2D eigenvalue weighted by Gasteiger charge is -2.23. The van der Waals surface area contributed by atoms with Crippen molar-refractivity contribution in [2.24, 2.45) is 0 Å². The van der Waals surface area contributed by atoms with E-state index < -0.39 is 6.61 Å². The zero-order valence-corrected chi connectivity index (χ0v) is 18.5. The summed E-state index contributed by atoms with van der Waals surface area (Å²) in [6.07, 6.45) is 3.65. The number of ether oxygens (including phenoxy) is 2. The number of hydrogen-bond acceptors (Lipinski definition) is 4. The van der Waals surface area contributed by atoms with Crippen LogP contribution < -0.4 is 9.47 Å². The summed E-state index contributed by atoms with van der Waals surface area (Å²) in [5.41, 5.74) is 4.19. The van der Waals surface area contributed by atoms with E-state index in [1.807, 2.05) is 58.0 Å². The van der Waals surface area contributed by atoms with Crippen LogP contribution in [0.2, 0.25) is 0 Å². The number of imidazole rings is 1. The molecule has 0 saturated heterocycles. The minimum absolute atomic E-state index is 0.0341. The molecule has 0 atom stereocenters. The van der Waals surface area contributed by atoms with E-state index in [9.17, 15) is 13.6 Å². The quantitative estimate of drug-likeness (QED) is 0.349. The number of aromatic nitrogens is 2. The number of rotatable bonds is 8. The zero-order chi connectivity index (χ0) is 23.7. The number of alkyl halides is 2. The smallest absolute Gasteiger partial charge is 0.387 e. The van der Waals surface area contributed by atoms with Crippen molar-refractivity contribution >= 4 is 16.9 Å². The van der Waals surface area contributed by atoms with E-state index in [0.29, 0.717) is 12.1 Å². The Morgan fingerprint density at radius 1 is 1.09 bits per heavy atom. The van der Waals surface area contributed by atoms with Crippen LogP contribution in [0.3, 0.4) is 0 Å². The predicted octanol–water partition coefficient (Wildman–Crippen LogP) is 5.44. The number of para-hydroxylation sites is 2. The molecule has 34 heavy (non-hydrogen) atoms. The van der Waals surface area contributed by atoms with Crippen LogP contribution in [0.15, 0.2) is 73.1 Å². The minimum atomic E-state index is -2.94. The monoisotopic (exact) mass is 463 g/mol. The van der Waals surface area contributed by atoms with E-state index in [1.165, 1.54) is 13.2 Å². The van der Waals surface area contributed by atoms with Gasteiger partial charge in [-0.15, -0.1) is 0 Å². The Hall–Kier alpha value is -3.94. The molecule has 8 heteroatoms. The summed E-state index contributed by atoms with van der Waals surface area (Å²) in [5, 5.41) is 0. The molecule has 1 aliphatic carbocycles. The molecule has 174 valence electrons. The molecule has 5 rings (SSSR count). The van der Waals surface area contributed by atoms with Crippen LogP contribution in [-0.4, -0.2) is 40.1 Å². The first-order valence-electron chi connectivity index (χ1n) is 11.0. The third-order valence-corrected chi connectivity index (χ3v) is 5.89. The topological polar surface area (TPSA) is 56.6 Å². The number of fused-ring (bicyclic) bond motifs is 1. The van der Waals surface area contributed by atoms with Crippen molar-refractivity contribution < 1.29 is 23.0 Å². The van der Waals surface area contributed by atoms with Gasteiger partial charge in [0.2, 0.25) is 0 Å². The SMILES string of the molecule is COc1cc(CN(C(=O)c2ccc(-n3cnc4ccccc43)cc2)C2CC2)ccc1OC(F)F. The first-order valence-corrected chi connectivity index (χ1v) is 11.0. The second-order valence-electron chi connectivity index (χ2n) is 8.18. The zero-order valence-electron chi connectivity index (χ0n) is 18.5. The number of hydrogen-bond donors (Lipinski definition) is 0. The van der Waals surface area contributed by atoms with Crippen molar-refractivity contribution in [3.8, 4) is 17.2 Å². The lowest BCUT2D eigenvalue weighted by atomic mass is 10.1. The average molecular weight is 463 g/mol. The fraction of sp³-hybridized carbons (Fsp3) is 0.231. The van der Waals surface area contributed by atoms with Crippen LogP contribution >= 0.6 is 0 Å². The molecule has 4 aromatic rings. The summed E-state index contributed by atoms with van der Waals surface area (Å²) < 4.78 is 36.9. The van der Waals surface area contributed by atoms with Crippen molar-refractivity contribution in [1.82, 2.24) is 14.5 Å². The van der Waals surface area contributed by atoms with Gasteiger partial charge in [-0.25, -0.2) is 4.98 Å². The van der Waals surface area contributed by atoms with E-state index in [2.05, 4.69) is 9.72 Å². The molecule has 1 amide bonds. The van der Waals surface area contributed by atoms with Gasteiger partial charge in [-0.05, 0) is 66.9 Å². The first-order chi connectivity index (χ1) is 16.5. The Labute approximate surface area is 195 Å². The largest absolute Gasteiger partial charge is 0.493 e. The van der Waals surface area contributed by atoms with Crippen LogP contribution in [0, 0.1) is 0 Å². The Kier molecular flexibility index (Phi) is 5.88. The fourth-order valence-electron chi connectivity index (χ4n) is 4.05. The van der Waals surface area contributed by atoms with Gasteiger partial charge in [0.1, 0.15) is 6.33 Å². The molecule has 0 N–H and O–H groups in total. The van der Waals surface area contributed by atoms with Crippen molar-refractivity contribution in [2.75, 3.05) is 7.11 Å². The van der Waals surface area contributed by atoms with E-state index in [4.69, 9.17) is 4.74 Å². The first kappa shape index (κ1) is 21.9. The lowest BCUT2D eigenvalue weighted by molar-refractivity contribution is -0.0512. The number of carbonyl (C=O) groups excluding carboxylic acids is 1. The summed E-state index contributed by atoms with van der Waals surface area (Å²) >= 11 is 0. The van der Waals surface area contributed by atoms with Crippen molar-refractivity contribution in [1.29, 1.82) is 0 Å². The maximum atomic E-state index is 13.4. The summed E-state index contributed by atoms with van der Waals surface area (Å²) in [5.74, 6) is 0.0995. The number of carbonyl (C=O) groups is 1. The van der Waals surface area contributed by atoms with E-state index in [1.54, 1.807) is 18.5 Å². The Morgan fingerprint density at radius 3 is 2.56 bits per heavy atom. The molecule has 1 heterocycles. The normalized spacial score (nSPS) is 13.3. The summed E-state index contributed by atoms with van der Waals surface area (Å²) in [7, 11) is 1.40. The second-order valence-corrected chi connectivity index (χ2v) is 8.18. The second kappa shape index (κ2) is 9.13. The van der Waals surface area contributed by atoms with Crippen molar-refractivity contribution in [3.05, 3.63) is 84.2 Å². The van der Waals surface area contributed by atoms with Crippen molar-refractivity contribution in [2.45, 2.75) is 32.0 Å². The van der Waals surface area contributed by atoms with Gasteiger partial charge in [-0.2, -0.15) is 8.78 Å². The summed E-state index contributed by atoms with van der Waals surface area (Å²) in [4.78, 5) is 19.6. The van der Waals surface area contributed by atoms with Gasteiger partial charge >= 0.3 is 6.61 Å². The molecule has 6 nitrogen and oxygen atoms in total. The van der Waals surface area contributed by atoms with E-state index >= 15 is 0 Å². The Morgan fingerprint density at radius 2 is 1.85 bits per heavy atom. The van der Waals surface area contributed by atoms with Gasteiger partial charge in [-0.1, -0.05) is 18.2 Å². The highest BCUT2D eigenvalue weighted by Crippen LogP contribution is 2.33. The molecule has 0 spiro atoms. The molecule has 0 bridgehead atoms. The fourth-order valence-corrected chi connectivity index (χ4v) is 4.05. The highest BCUT2D eigenvalue weighted by molar-refractivity contribution is 5.95. The minimum Gasteiger partial charge on any atom is -0.493 e. The average Bonchev–Trinajstić information content (AvgIpc) is 3.60. The number of amides is 1. The molecule has 1 fully saturated rings. The molecule has 1 aromatic heterocycles. The molecular formula is C26H23F2N3O3. The molecule has 0 unspecified atom stereocenters. The predicted molar refractivity (Wildman–Crippen MR) is 124 cm³/mol. The van der Waals surface area contributed by atoms with E-state index in [0.717, 1.165) is 35.1 Å². The summed E-state index contributed by atoms with van der Waals surface area (Å²) in [6, 6.07) is 20.2. The van der Waals surface area contributed by atoms with Crippen LogP contribution in [0.4, 0.5) is 8.78 Å². The highest BCUT2D eigenvalue weighted by atomic mass is 19.3. The molecule has 1 aliphatic rings. The molecule has 1 saturated carbocycles. The van der Waals surface area contributed by atoms with Gasteiger partial charge in [0.15, 0.2) is 11.5 Å². The van der Waals surface area contributed by atoms with Crippen LogP contribution in [-0.2, 0) is 6.54 Å². The van der Waals surface area contributed by atoms with Gasteiger partial charge < -0.3 is 14.4 Å². The molecule has 0 radical (unpaired) electrons. The lowest BCUT2D eigenvalue weighted by Crippen LogP contribution is -2.32. The van der Waals surface area contributed by atoms with Gasteiger partial charge in [0.25, 0.3) is 5.91 Å². The van der Waals surface area contributed by atoms with Crippen LogP contribution in [0.1, 0.15) is 28.8 Å². The molecule has 3 aromatic carbocycles. The van der Waals surface area contributed by atoms with Crippen molar-refractivity contribution in [3.63, 3.8) is 0 Å². The highest BCUT2D eigenvalue weighted by Gasteiger charge is 2.33. The van der Waals surface area contributed by atoms with Gasteiger partial charge in [0, 0.05) is 23.8 Å². The third kappa shape index (κ3) is 4.44.